The number of thioether (sulfide) groups is 1. The Morgan fingerprint density at radius 3 is 2.79 bits per heavy atom. The van der Waals surface area contributed by atoms with Crippen molar-refractivity contribution in [2.75, 3.05) is 5.73 Å². The van der Waals surface area contributed by atoms with Crippen LogP contribution in [0.25, 0.3) is 0 Å². The molecule has 0 saturated heterocycles. The average molecular weight is 340 g/mol. The van der Waals surface area contributed by atoms with Gasteiger partial charge >= 0.3 is 0 Å². The van der Waals surface area contributed by atoms with Gasteiger partial charge in [0, 0.05) is 22.9 Å². The van der Waals surface area contributed by atoms with Crippen molar-refractivity contribution in [2.24, 2.45) is 0 Å². The number of hydrogen-bond acceptors (Lipinski definition) is 3. The molecule has 2 aromatic rings. The maximum atomic E-state index is 5.85. The third-order valence-electron chi connectivity index (χ3n) is 3.03. The molecule has 5 heteroatoms. The van der Waals surface area contributed by atoms with Gasteiger partial charge in [-0.25, -0.2) is 0 Å². The summed E-state index contributed by atoms with van der Waals surface area (Å²) in [5, 5.41) is 4.51. The predicted molar refractivity (Wildman–Crippen MR) is 85.5 cm³/mol. The van der Waals surface area contributed by atoms with Crippen molar-refractivity contribution in [3.8, 4) is 0 Å². The molecule has 0 saturated carbocycles. The molecule has 0 aliphatic heterocycles. The van der Waals surface area contributed by atoms with E-state index in [1.54, 1.807) is 11.8 Å². The van der Waals surface area contributed by atoms with Crippen LogP contribution in [-0.4, -0.2) is 9.78 Å². The Morgan fingerprint density at radius 2 is 2.11 bits per heavy atom. The second kappa shape index (κ2) is 6.01. The Hall–Kier alpha value is -0.940. The van der Waals surface area contributed by atoms with E-state index in [-0.39, 0.29) is 0 Å². The summed E-state index contributed by atoms with van der Waals surface area (Å²) in [7, 11) is 0. The van der Waals surface area contributed by atoms with Crippen LogP contribution in [0.3, 0.4) is 0 Å². The zero-order chi connectivity index (χ0) is 14.0. The molecule has 0 radical (unpaired) electrons. The Kier molecular flexibility index (Phi) is 4.58. The van der Waals surface area contributed by atoms with E-state index >= 15 is 0 Å². The average Bonchev–Trinajstić information content (AvgIpc) is 2.66. The van der Waals surface area contributed by atoms with Crippen LogP contribution in [0.4, 0.5) is 5.69 Å². The first-order valence-corrected chi connectivity index (χ1v) is 8.01. The zero-order valence-electron chi connectivity index (χ0n) is 11.4. The summed E-state index contributed by atoms with van der Waals surface area (Å²) >= 11 is 5.43. The molecule has 0 aliphatic carbocycles. The fraction of sp³-hybridized carbons (Fsp3) is 0.357. The molecule has 0 spiro atoms. The fourth-order valence-electron chi connectivity index (χ4n) is 1.93. The summed E-state index contributed by atoms with van der Waals surface area (Å²) in [4.78, 5) is 1.23. The first-order chi connectivity index (χ1) is 9.02. The van der Waals surface area contributed by atoms with Gasteiger partial charge in [-0.2, -0.15) is 5.10 Å². The first kappa shape index (κ1) is 14.5. The molecule has 0 aliphatic rings. The van der Waals surface area contributed by atoms with Crippen LogP contribution in [0.1, 0.15) is 23.9 Å². The van der Waals surface area contributed by atoms with Gasteiger partial charge in [-0.3, -0.25) is 4.68 Å². The smallest absolute Gasteiger partial charge is 0.0739 e. The number of hydrogen-bond donors (Lipinski definition) is 1. The SMILES string of the molecule is CCn1nc(C)c(Br)c1CSc1cc(N)ccc1C. The molecule has 0 fully saturated rings. The number of rotatable bonds is 4. The number of halogens is 1. The molecule has 102 valence electrons. The quantitative estimate of drug-likeness (QED) is 0.671. The molecule has 0 atom stereocenters. The predicted octanol–water partition coefficient (Wildman–Crippen LogP) is 4.16. The largest absolute Gasteiger partial charge is 0.399 e. The topological polar surface area (TPSA) is 43.8 Å². The maximum absolute atomic E-state index is 5.85. The van der Waals surface area contributed by atoms with Gasteiger partial charge in [0.1, 0.15) is 0 Å². The molecule has 2 rings (SSSR count). The molecule has 1 aromatic heterocycles. The molecule has 2 N–H and O–H groups in total. The van der Waals surface area contributed by atoms with E-state index in [0.717, 1.165) is 28.2 Å². The number of aromatic nitrogens is 2. The van der Waals surface area contributed by atoms with Crippen molar-refractivity contribution in [1.29, 1.82) is 0 Å². The standard InChI is InChI=1S/C14H18BrN3S/c1-4-18-12(14(15)10(3)17-18)8-19-13-7-11(16)6-5-9(13)2/h5-7H,4,8,16H2,1-3H3. The Morgan fingerprint density at radius 1 is 1.37 bits per heavy atom. The molecular weight excluding hydrogens is 322 g/mol. The number of benzene rings is 1. The van der Waals surface area contributed by atoms with Gasteiger partial charge in [-0.15, -0.1) is 11.8 Å². The van der Waals surface area contributed by atoms with Crippen molar-refractivity contribution >= 4 is 33.4 Å². The van der Waals surface area contributed by atoms with E-state index in [4.69, 9.17) is 5.73 Å². The lowest BCUT2D eigenvalue weighted by atomic mass is 10.2. The van der Waals surface area contributed by atoms with Crippen molar-refractivity contribution in [3.05, 3.63) is 39.6 Å². The van der Waals surface area contributed by atoms with E-state index in [0.29, 0.717) is 0 Å². The molecule has 1 heterocycles. The summed E-state index contributed by atoms with van der Waals surface area (Å²) in [6.45, 7) is 7.13. The summed E-state index contributed by atoms with van der Waals surface area (Å²) in [6, 6.07) is 6.04. The minimum absolute atomic E-state index is 0.812. The highest BCUT2D eigenvalue weighted by molar-refractivity contribution is 9.10. The van der Waals surface area contributed by atoms with Gasteiger partial charge in [0.05, 0.1) is 15.9 Å². The van der Waals surface area contributed by atoms with Gasteiger partial charge in [0.15, 0.2) is 0 Å². The van der Waals surface area contributed by atoms with Crippen LogP contribution in [0.2, 0.25) is 0 Å². The minimum Gasteiger partial charge on any atom is -0.399 e. The highest BCUT2D eigenvalue weighted by atomic mass is 79.9. The number of nitrogens with two attached hydrogens (primary N) is 1. The van der Waals surface area contributed by atoms with Crippen LogP contribution in [0.5, 0.6) is 0 Å². The van der Waals surface area contributed by atoms with Crippen LogP contribution in [0, 0.1) is 13.8 Å². The van der Waals surface area contributed by atoms with Crippen molar-refractivity contribution in [3.63, 3.8) is 0 Å². The lowest BCUT2D eigenvalue weighted by Crippen LogP contribution is -2.01. The highest BCUT2D eigenvalue weighted by Gasteiger charge is 2.12. The van der Waals surface area contributed by atoms with Crippen LogP contribution >= 0.6 is 27.7 Å². The van der Waals surface area contributed by atoms with Crippen molar-refractivity contribution < 1.29 is 0 Å². The fourth-order valence-corrected chi connectivity index (χ4v) is 3.64. The van der Waals surface area contributed by atoms with Gasteiger partial charge in [-0.05, 0) is 54.4 Å². The first-order valence-electron chi connectivity index (χ1n) is 6.23. The number of nitrogen functional groups attached to an aromatic ring is 1. The number of aryl methyl sites for hydroxylation is 3. The van der Waals surface area contributed by atoms with E-state index in [2.05, 4.69) is 40.9 Å². The molecule has 0 amide bonds. The second-order valence-electron chi connectivity index (χ2n) is 4.48. The summed E-state index contributed by atoms with van der Waals surface area (Å²) in [5.41, 5.74) is 10.2. The molecule has 1 aromatic carbocycles. The lowest BCUT2D eigenvalue weighted by molar-refractivity contribution is 0.631. The van der Waals surface area contributed by atoms with Crippen LogP contribution < -0.4 is 5.73 Å². The highest BCUT2D eigenvalue weighted by Crippen LogP contribution is 2.31. The van der Waals surface area contributed by atoms with Crippen molar-refractivity contribution in [2.45, 2.75) is 38.0 Å². The maximum Gasteiger partial charge on any atom is 0.0739 e. The van der Waals surface area contributed by atoms with Gasteiger partial charge in [0.25, 0.3) is 0 Å². The van der Waals surface area contributed by atoms with E-state index in [1.165, 1.54) is 16.2 Å². The third kappa shape index (κ3) is 3.15. The monoisotopic (exact) mass is 339 g/mol. The second-order valence-corrected chi connectivity index (χ2v) is 6.29. The summed E-state index contributed by atoms with van der Waals surface area (Å²) in [6.07, 6.45) is 0. The normalized spacial score (nSPS) is 10.9. The number of nitrogens with zero attached hydrogens (tertiary/aromatic N) is 2. The van der Waals surface area contributed by atoms with E-state index in [9.17, 15) is 0 Å². The minimum atomic E-state index is 0.812. The van der Waals surface area contributed by atoms with Gasteiger partial charge < -0.3 is 5.73 Å². The number of anilines is 1. The molecule has 0 bridgehead atoms. The summed E-state index contributed by atoms with van der Waals surface area (Å²) < 4.78 is 3.16. The Balaban J connectivity index is 2.21. The molecular formula is C14H18BrN3S. The third-order valence-corrected chi connectivity index (χ3v) is 5.23. The van der Waals surface area contributed by atoms with Crippen LogP contribution in [-0.2, 0) is 12.3 Å². The molecule has 19 heavy (non-hydrogen) atoms. The molecule has 3 nitrogen and oxygen atoms in total. The zero-order valence-corrected chi connectivity index (χ0v) is 13.8. The Labute approximate surface area is 126 Å². The lowest BCUT2D eigenvalue weighted by Gasteiger charge is -2.08. The van der Waals surface area contributed by atoms with E-state index in [1.807, 2.05) is 23.7 Å². The van der Waals surface area contributed by atoms with Gasteiger partial charge in [-0.1, -0.05) is 6.07 Å². The Bertz CT molecular complexity index is 593. The van der Waals surface area contributed by atoms with Crippen molar-refractivity contribution in [1.82, 2.24) is 9.78 Å². The van der Waals surface area contributed by atoms with E-state index < -0.39 is 0 Å². The summed E-state index contributed by atoms with van der Waals surface area (Å²) in [5.74, 6) is 0.888. The van der Waals surface area contributed by atoms with Crippen LogP contribution in [0.15, 0.2) is 27.6 Å². The van der Waals surface area contributed by atoms with Gasteiger partial charge in [0.2, 0.25) is 0 Å². The molecule has 0 unspecified atom stereocenters.